The number of rotatable bonds is 7. The number of nitrogens with one attached hydrogen (secondary N) is 1. The van der Waals surface area contributed by atoms with E-state index in [1.807, 2.05) is 18.7 Å². The molecule has 1 N–H and O–H groups in total. The molecule has 0 saturated carbocycles. The van der Waals surface area contributed by atoms with Crippen LogP contribution in [0.15, 0.2) is 18.2 Å². The first-order valence-corrected chi connectivity index (χ1v) is 7.85. The molecule has 0 bridgehead atoms. The molecule has 1 unspecified atom stereocenters. The molecular formula is C17H24N4O3. The van der Waals surface area contributed by atoms with Crippen LogP contribution in [0.5, 0.6) is 0 Å². The lowest BCUT2D eigenvalue weighted by atomic mass is 10.0. The predicted molar refractivity (Wildman–Crippen MR) is 93.3 cm³/mol. The Morgan fingerprint density at radius 1 is 1.42 bits per heavy atom. The van der Waals surface area contributed by atoms with Crippen molar-refractivity contribution in [2.75, 3.05) is 12.4 Å². The summed E-state index contributed by atoms with van der Waals surface area (Å²) in [5.74, 6) is 0. The van der Waals surface area contributed by atoms with E-state index in [1.165, 1.54) is 11.6 Å². The van der Waals surface area contributed by atoms with Crippen LogP contribution in [0.1, 0.15) is 29.4 Å². The van der Waals surface area contributed by atoms with Crippen LogP contribution in [0.4, 0.5) is 11.4 Å². The number of nitrogens with zero attached hydrogens (tertiary/aromatic N) is 3. The maximum atomic E-state index is 10.9. The van der Waals surface area contributed by atoms with Crippen LogP contribution in [0.2, 0.25) is 0 Å². The standard InChI is InChI=1S/C17H24N4O3/c1-11(8-16-12(2)19-20(4)13(16)3)18-17-7-6-15(21(22)23)9-14(17)10-24-5/h6-7,9,11,18H,8,10H2,1-5H3. The monoisotopic (exact) mass is 332 g/mol. The predicted octanol–water partition coefficient (Wildman–Crippen LogP) is 3.13. The van der Waals surface area contributed by atoms with Gasteiger partial charge in [-0.05, 0) is 38.8 Å². The summed E-state index contributed by atoms with van der Waals surface area (Å²) in [6.45, 7) is 6.48. The molecule has 0 aliphatic carbocycles. The van der Waals surface area contributed by atoms with E-state index < -0.39 is 4.92 Å². The molecule has 0 radical (unpaired) electrons. The molecule has 1 aromatic carbocycles. The smallest absolute Gasteiger partial charge is 0.269 e. The second-order valence-electron chi connectivity index (χ2n) is 6.05. The summed E-state index contributed by atoms with van der Waals surface area (Å²) in [5.41, 5.74) is 5.12. The topological polar surface area (TPSA) is 82.2 Å². The van der Waals surface area contributed by atoms with E-state index in [4.69, 9.17) is 4.74 Å². The average Bonchev–Trinajstić information content (AvgIpc) is 2.75. The molecule has 7 heteroatoms. The molecule has 0 amide bonds. The molecule has 130 valence electrons. The zero-order chi connectivity index (χ0) is 17.9. The molecule has 7 nitrogen and oxygen atoms in total. The fourth-order valence-electron chi connectivity index (χ4n) is 2.84. The van der Waals surface area contributed by atoms with Crippen molar-refractivity contribution in [2.24, 2.45) is 7.05 Å². The minimum Gasteiger partial charge on any atom is -0.382 e. The third-order valence-electron chi connectivity index (χ3n) is 4.17. The van der Waals surface area contributed by atoms with Crippen LogP contribution in [0.3, 0.4) is 0 Å². The Morgan fingerprint density at radius 3 is 2.67 bits per heavy atom. The van der Waals surface area contributed by atoms with Gasteiger partial charge in [0, 0.05) is 49.3 Å². The number of ether oxygens (including phenoxy) is 1. The molecule has 0 spiro atoms. The lowest BCUT2D eigenvalue weighted by Crippen LogP contribution is -2.20. The normalized spacial score (nSPS) is 12.2. The molecule has 2 rings (SSSR count). The van der Waals surface area contributed by atoms with Gasteiger partial charge in [-0.15, -0.1) is 0 Å². The van der Waals surface area contributed by atoms with E-state index in [2.05, 4.69) is 24.3 Å². The summed E-state index contributed by atoms with van der Waals surface area (Å²) in [6, 6.07) is 4.96. The van der Waals surface area contributed by atoms with Crippen molar-refractivity contribution in [1.82, 2.24) is 9.78 Å². The number of non-ortho nitro benzene ring substituents is 1. The van der Waals surface area contributed by atoms with Crippen LogP contribution >= 0.6 is 0 Å². The number of hydrogen-bond acceptors (Lipinski definition) is 5. The number of anilines is 1. The van der Waals surface area contributed by atoms with E-state index in [9.17, 15) is 10.1 Å². The first kappa shape index (κ1) is 17.9. The summed E-state index contributed by atoms with van der Waals surface area (Å²) in [5, 5.41) is 18.8. The van der Waals surface area contributed by atoms with Gasteiger partial charge in [-0.3, -0.25) is 14.8 Å². The number of methoxy groups -OCH3 is 1. The molecule has 1 aromatic heterocycles. The fourth-order valence-corrected chi connectivity index (χ4v) is 2.84. The van der Waals surface area contributed by atoms with Gasteiger partial charge in [0.05, 0.1) is 17.2 Å². The van der Waals surface area contributed by atoms with Crippen LogP contribution in [0, 0.1) is 24.0 Å². The molecular weight excluding hydrogens is 308 g/mol. The lowest BCUT2D eigenvalue weighted by Gasteiger charge is -2.18. The lowest BCUT2D eigenvalue weighted by molar-refractivity contribution is -0.384. The van der Waals surface area contributed by atoms with Crippen molar-refractivity contribution in [3.8, 4) is 0 Å². The molecule has 0 saturated heterocycles. The third kappa shape index (κ3) is 3.91. The zero-order valence-corrected chi connectivity index (χ0v) is 14.8. The SMILES string of the molecule is COCc1cc([N+](=O)[O-])ccc1NC(C)Cc1c(C)nn(C)c1C. The highest BCUT2D eigenvalue weighted by Gasteiger charge is 2.16. The van der Waals surface area contributed by atoms with E-state index in [0.717, 1.165) is 29.1 Å². The van der Waals surface area contributed by atoms with Crippen molar-refractivity contribution >= 4 is 11.4 Å². The van der Waals surface area contributed by atoms with Gasteiger partial charge in [0.15, 0.2) is 0 Å². The number of aryl methyl sites for hydroxylation is 2. The van der Waals surface area contributed by atoms with Crippen LogP contribution in [-0.2, 0) is 24.8 Å². The van der Waals surface area contributed by atoms with Gasteiger partial charge >= 0.3 is 0 Å². The van der Waals surface area contributed by atoms with Crippen molar-refractivity contribution in [1.29, 1.82) is 0 Å². The number of aromatic nitrogens is 2. The summed E-state index contributed by atoms with van der Waals surface area (Å²) >= 11 is 0. The number of nitro groups is 1. The molecule has 0 aliphatic rings. The van der Waals surface area contributed by atoms with E-state index in [0.29, 0.717) is 6.61 Å². The molecule has 0 aliphatic heterocycles. The van der Waals surface area contributed by atoms with E-state index in [-0.39, 0.29) is 11.7 Å². The third-order valence-corrected chi connectivity index (χ3v) is 4.17. The van der Waals surface area contributed by atoms with Gasteiger partial charge in [0.25, 0.3) is 5.69 Å². The minimum absolute atomic E-state index is 0.0687. The number of benzene rings is 1. The highest BCUT2D eigenvalue weighted by atomic mass is 16.6. The Bertz CT molecular complexity index is 740. The summed E-state index contributed by atoms with van der Waals surface area (Å²) < 4.78 is 7.06. The summed E-state index contributed by atoms with van der Waals surface area (Å²) in [6.07, 6.45) is 0.828. The van der Waals surface area contributed by atoms with Gasteiger partial charge in [0.1, 0.15) is 0 Å². The van der Waals surface area contributed by atoms with Crippen molar-refractivity contribution < 1.29 is 9.66 Å². The number of hydrogen-bond donors (Lipinski definition) is 1. The van der Waals surface area contributed by atoms with Crippen LogP contribution in [-0.4, -0.2) is 27.9 Å². The van der Waals surface area contributed by atoms with Crippen molar-refractivity contribution in [3.63, 3.8) is 0 Å². The van der Waals surface area contributed by atoms with Crippen molar-refractivity contribution in [3.05, 3.63) is 50.8 Å². The molecule has 1 heterocycles. The second-order valence-corrected chi connectivity index (χ2v) is 6.05. The highest BCUT2D eigenvalue weighted by Crippen LogP contribution is 2.24. The number of nitro benzene ring substituents is 1. The Kier molecular flexibility index (Phi) is 5.56. The van der Waals surface area contributed by atoms with Gasteiger partial charge in [-0.2, -0.15) is 5.10 Å². The average molecular weight is 332 g/mol. The fraction of sp³-hybridized carbons (Fsp3) is 0.471. The Balaban J connectivity index is 2.18. The molecule has 0 fully saturated rings. The minimum atomic E-state index is -0.394. The van der Waals surface area contributed by atoms with Crippen molar-refractivity contribution in [2.45, 2.75) is 39.8 Å². The van der Waals surface area contributed by atoms with E-state index >= 15 is 0 Å². The summed E-state index contributed by atoms with van der Waals surface area (Å²) in [4.78, 5) is 10.6. The Morgan fingerprint density at radius 2 is 2.12 bits per heavy atom. The van der Waals surface area contributed by atoms with Crippen LogP contribution < -0.4 is 5.32 Å². The van der Waals surface area contributed by atoms with Gasteiger partial charge in [0.2, 0.25) is 0 Å². The van der Waals surface area contributed by atoms with Crippen LogP contribution in [0.25, 0.3) is 0 Å². The maximum Gasteiger partial charge on any atom is 0.269 e. The molecule has 1 atom stereocenters. The largest absolute Gasteiger partial charge is 0.382 e. The quantitative estimate of drug-likeness (QED) is 0.622. The maximum absolute atomic E-state index is 10.9. The van der Waals surface area contributed by atoms with Gasteiger partial charge < -0.3 is 10.1 Å². The molecule has 2 aromatic rings. The first-order chi connectivity index (χ1) is 11.3. The van der Waals surface area contributed by atoms with Gasteiger partial charge in [-0.25, -0.2) is 0 Å². The Labute approximate surface area is 141 Å². The summed E-state index contributed by atoms with van der Waals surface area (Å²) in [7, 11) is 3.52. The Hall–Kier alpha value is -2.41. The van der Waals surface area contributed by atoms with Gasteiger partial charge in [-0.1, -0.05) is 0 Å². The zero-order valence-electron chi connectivity index (χ0n) is 14.8. The first-order valence-electron chi connectivity index (χ1n) is 7.85. The molecule has 24 heavy (non-hydrogen) atoms. The second kappa shape index (κ2) is 7.44. The highest BCUT2D eigenvalue weighted by molar-refractivity contribution is 5.56. The van der Waals surface area contributed by atoms with E-state index in [1.54, 1.807) is 19.2 Å².